The number of rotatable bonds is 8. The second kappa shape index (κ2) is 10.5. The molecule has 6 nitrogen and oxygen atoms in total. The fraction of sp³-hybridized carbons (Fsp3) is 0.206. The molecule has 0 radical (unpaired) electrons. The van der Waals surface area contributed by atoms with Gasteiger partial charge in [0, 0.05) is 17.7 Å². The van der Waals surface area contributed by atoms with Crippen LogP contribution in [-0.2, 0) is 39.3 Å². The Hall–Kier alpha value is -4.71. The molecule has 2 atom stereocenters. The predicted octanol–water partition coefficient (Wildman–Crippen LogP) is 5.30. The summed E-state index contributed by atoms with van der Waals surface area (Å²) in [5, 5.41) is 0. The van der Waals surface area contributed by atoms with Gasteiger partial charge >= 0.3 is 0 Å². The lowest BCUT2D eigenvalue weighted by Gasteiger charge is -2.33. The Morgan fingerprint density at radius 3 is 2.08 bits per heavy atom. The Kier molecular flexibility index (Phi) is 6.68. The molecule has 2 heterocycles. The summed E-state index contributed by atoms with van der Waals surface area (Å²) in [7, 11) is 1.57. The number of carbonyl (C=O) groups excluding carboxylic acids is 3. The number of methoxy groups -OCH3 is 1. The van der Waals surface area contributed by atoms with Crippen molar-refractivity contribution in [2.24, 2.45) is 5.92 Å². The van der Waals surface area contributed by atoms with Gasteiger partial charge in [0.1, 0.15) is 5.75 Å². The van der Waals surface area contributed by atoms with Crippen LogP contribution in [0.25, 0.3) is 0 Å². The number of fused-ring (bicyclic) bond motifs is 1. The monoisotopic (exact) mass is 530 g/mol. The van der Waals surface area contributed by atoms with Gasteiger partial charge in [-0.1, -0.05) is 97.1 Å². The van der Waals surface area contributed by atoms with Gasteiger partial charge in [-0.25, -0.2) is 0 Å². The van der Waals surface area contributed by atoms with E-state index in [0.717, 1.165) is 27.9 Å². The fourth-order valence-electron chi connectivity index (χ4n) is 6.26. The van der Waals surface area contributed by atoms with Crippen LogP contribution in [0.5, 0.6) is 5.75 Å². The second-order valence-electron chi connectivity index (χ2n) is 10.4. The number of amides is 3. The number of likely N-dealkylation sites (tertiary alicyclic amines) is 1. The molecule has 0 bridgehead atoms. The molecule has 1 saturated heterocycles. The normalized spacial score (nSPS) is 20.2. The lowest BCUT2D eigenvalue weighted by molar-refractivity contribution is -0.142. The molecule has 4 aromatic carbocycles. The predicted molar refractivity (Wildman–Crippen MR) is 153 cm³/mol. The van der Waals surface area contributed by atoms with Gasteiger partial charge in [0.05, 0.1) is 31.5 Å². The molecule has 4 aromatic rings. The Bertz CT molecular complexity index is 1570. The van der Waals surface area contributed by atoms with Gasteiger partial charge in [0.25, 0.3) is 0 Å². The zero-order valence-corrected chi connectivity index (χ0v) is 22.3. The highest BCUT2D eigenvalue weighted by molar-refractivity contribution is 6.14. The third-order valence-electron chi connectivity index (χ3n) is 8.17. The Labute approximate surface area is 233 Å². The number of anilines is 1. The average Bonchev–Trinajstić information content (AvgIpc) is 3.40. The van der Waals surface area contributed by atoms with Crippen molar-refractivity contribution >= 4 is 23.4 Å². The van der Waals surface area contributed by atoms with Crippen molar-refractivity contribution in [1.29, 1.82) is 0 Å². The SMILES string of the molecule is COc1ccccc1CN1C(=O)C[C@H]([C@]2(Cc3ccccc3)C(=O)N(Cc3ccccc3)c3ccccc32)C1=O. The quantitative estimate of drug-likeness (QED) is 0.290. The molecular weight excluding hydrogens is 500 g/mol. The Morgan fingerprint density at radius 1 is 0.725 bits per heavy atom. The molecule has 0 aliphatic carbocycles. The van der Waals surface area contributed by atoms with E-state index in [0.29, 0.717) is 18.7 Å². The first-order valence-electron chi connectivity index (χ1n) is 13.5. The zero-order chi connectivity index (χ0) is 27.7. The molecule has 0 saturated carbocycles. The Morgan fingerprint density at radius 2 is 1.35 bits per heavy atom. The molecule has 0 N–H and O–H groups in total. The highest BCUT2D eigenvalue weighted by Crippen LogP contribution is 2.52. The van der Waals surface area contributed by atoms with E-state index in [9.17, 15) is 14.4 Å². The maximum absolute atomic E-state index is 14.7. The fourth-order valence-corrected chi connectivity index (χ4v) is 6.26. The summed E-state index contributed by atoms with van der Waals surface area (Å²) in [4.78, 5) is 45.5. The van der Waals surface area contributed by atoms with Gasteiger partial charge in [0.2, 0.25) is 17.7 Å². The number of ether oxygens (including phenoxy) is 1. The molecule has 2 aliphatic heterocycles. The van der Waals surface area contributed by atoms with Crippen LogP contribution in [0.1, 0.15) is 28.7 Å². The van der Waals surface area contributed by atoms with Crippen LogP contribution in [0, 0.1) is 5.92 Å². The minimum atomic E-state index is -1.21. The topological polar surface area (TPSA) is 66.9 Å². The van der Waals surface area contributed by atoms with Gasteiger partial charge in [-0.2, -0.15) is 0 Å². The van der Waals surface area contributed by atoms with Crippen molar-refractivity contribution < 1.29 is 19.1 Å². The molecule has 3 amide bonds. The standard InChI is InChI=1S/C34H30N2O4/c1-40-30-19-11-8-16-26(30)23-36-31(37)20-28(32(36)38)34(21-24-12-4-2-5-13-24)27-17-9-10-18-29(27)35(33(34)39)22-25-14-6-3-7-15-25/h2-19,28H,20-23H2,1H3/t28-,34+/m0/s1. The maximum atomic E-state index is 14.7. The number of imide groups is 1. The first kappa shape index (κ1) is 25.6. The smallest absolute Gasteiger partial charge is 0.239 e. The van der Waals surface area contributed by atoms with Gasteiger partial charge in [-0.05, 0) is 35.2 Å². The number of carbonyl (C=O) groups is 3. The first-order valence-corrected chi connectivity index (χ1v) is 13.5. The van der Waals surface area contributed by atoms with E-state index in [1.165, 1.54) is 4.90 Å². The Balaban J connectivity index is 1.45. The van der Waals surface area contributed by atoms with Crippen LogP contribution < -0.4 is 9.64 Å². The highest BCUT2D eigenvalue weighted by Gasteiger charge is 2.61. The van der Waals surface area contributed by atoms with Crippen molar-refractivity contribution in [2.75, 3.05) is 12.0 Å². The maximum Gasteiger partial charge on any atom is 0.239 e. The molecule has 6 rings (SSSR count). The van der Waals surface area contributed by atoms with E-state index in [-0.39, 0.29) is 30.7 Å². The van der Waals surface area contributed by atoms with Crippen molar-refractivity contribution in [3.05, 3.63) is 131 Å². The van der Waals surface area contributed by atoms with Crippen molar-refractivity contribution in [1.82, 2.24) is 4.90 Å². The molecular formula is C34H30N2O4. The summed E-state index contributed by atoms with van der Waals surface area (Å²) in [5.41, 5.74) is 3.05. The van der Waals surface area contributed by atoms with Gasteiger partial charge < -0.3 is 9.64 Å². The second-order valence-corrected chi connectivity index (χ2v) is 10.4. The third kappa shape index (κ3) is 4.26. The summed E-state index contributed by atoms with van der Waals surface area (Å²) in [6, 6.07) is 34.7. The average molecular weight is 531 g/mol. The molecule has 0 aromatic heterocycles. The number of hydrogen-bond acceptors (Lipinski definition) is 4. The van der Waals surface area contributed by atoms with Crippen LogP contribution in [-0.4, -0.2) is 29.7 Å². The minimum absolute atomic E-state index is 0.0277. The van der Waals surface area contributed by atoms with Crippen molar-refractivity contribution in [2.45, 2.75) is 31.3 Å². The molecule has 40 heavy (non-hydrogen) atoms. The van der Waals surface area contributed by atoms with Crippen LogP contribution >= 0.6 is 0 Å². The molecule has 1 fully saturated rings. The van der Waals surface area contributed by atoms with Crippen molar-refractivity contribution in [3.63, 3.8) is 0 Å². The zero-order valence-electron chi connectivity index (χ0n) is 22.3. The largest absolute Gasteiger partial charge is 0.496 e. The van der Waals surface area contributed by atoms with Crippen LogP contribution in [0.2, 0.25) is 0 Å². The van der Waals surface area contributed by atoms with E-state index < -0.39 is 11.3 Å². The lowest BCUT2D eigenvalue weighted by Crippen LogP contribution is -2.49. The minimum Gasteiger partial charge on any atom is -0.496 e. The summed E-state index contributed by atoms with van der Waals surface area (Å²) in [6.45, 7) is 0.482. The molecule has 200 valence electrons. The van der Waals surface area contributed by atoms with Gasteiger partial charge in [-0.3, -0.25) is 19.3 Å². The number of hydrogen-bond donors (Lipinski definition) is 0. The first-order chi connectivity index (χ1) is 19.5. The highest BCUT2D eigenvalue weighted by atomic mass is 16.5. The summed E-state index contributed by atoms with van der Waals surface area (Å²) < 4.78 is 5.48. The molecule has 0 unspecified atom stereocenters. The van der Waals surface area contributed by atoms with Gasteiger partial charge in [-0.15, -0.1) is 0 Å². The van der Waals surface area contributed by atoms with Gasteiger partial charge in [0.15, 0.2) is 0 Å². The molecule has 2 aliphatic rings. The molecule has 6 heteroatoms. The van der Waals surface area contributed by atoms with Crippen molar-refractivity contribution in [3.8, 4) is 5.75 Å². The number of nitrogens with zero attached hydrogens (tertiary/aromatic N) is 2. The van der Waals surface area contributed by atoms with E-state index in [4.69, 9.17) is 4.74 Å². The number of para-hydroxylation sites is 2. The van der Waals surface area contributed by atoms with E-state index in [2.05, 4.69) is 0 Å². The molecule has 0 spiro atoms. The lowest BCUT2D eigenvalue weighted by atomic mass is 9.66. The summed E-state index contributed by atoms with van der Waals surface area (Å²) in [5.74, 6) is -0.963. The summed E-state index contributed by atoms with van der Waals surface area (Å²) in [6.07, 6.45) is 0.293. The van der Waals surface area contributed by atoms with E-state index in [1.807, 2.05) is 109 Å². The number of benzene rings is 4. The van der Waals surface area contributed by atoms with Crippen LogP contribution in [0.3, 0.4) is 0 Å². The van der Waals surface area contributed by atoms with Crippen LogP contribution in [0.4, 0.5) is 5.69 Å². The third-order valence-corrected chi connectivity index (χ3v) is 8.17. The summed E-state index contributed by atoms with van der Waals surface area (Å²) >= 11 is 0. The van der Waals surface area contributed by atoms with E-state index in [1.54, 1.807) is 12.0 Å². The van der Waals surface area contributed by atoms with E-state index >= 15 is 0 Å². The van der Waals surface area contributed by atoms with Crippen LogP contribution in [0.15, 0.2) is 109 Å².